The van der Waals surface area contributed by atoms with Gasteiger partial charge >= 0.3 is 5.97 Å². The van der Waals surface area contributed by atoms with Gasteiger partial charge in [-0.25, -0.2) is 4.79 Å². The van der Waals surface area contributed by atoms with Crippen molar-refractivity contribution >= 4 is 17.3 Å². The zero-order valence-electron chi connectivity index (χ0n) is 10.3. The van der Waals surface area contributed by atoms with E-state index in [1.807, 2.05) is 29.6 Å². The molecule has 0 radical (unpaired) electrons. The van der Waals surface area contributed by atoms with E-state index < -0.39 is 0 Å². The van der Waals surface area contributed by atoms with Crippen molar-refractivity contribution in [3.05, 3.63) is 51.7 Å². The topological polar surface area (TPSA) is 35.5 Å². The lowest BCUT2D eigenvalue weighted by Gasteiger charge is -2.11. The number of ether oxygens (including phenoxy) is 2. The summed E-state index contributed by atoms with van der Waals surface area (Å²) in [5.41, 5.74) is 1.43. The van der Waals surface area contributed by atoms with Gasteiger partial charge in [0.25, 0.3) is 0 Å². The average Bonchev–Trinajstić information content (AvgIpc) is 2.90. The molecule has 0 aliphatic heterocycles. The summed E-state index contributed by atoms with van der Waals surface area (Å²) in [6.07, 6.45) is 0.708. The molecule has 0 N–H and O–H groups in total. The Balaban J connectivity index is 2.42. The summed E-state index contributed by atoms with van der Waals surface area (Å²) in [5.74, 6) is 0.190. The first kappa shape index (κ1) is 12.6. The van der Waals surface area contributed by atoms with Gasteiger partial charge in [0.1, 0.15) is 11.3 Å². The molecular weight excluding hydrogens is 248 g/mol. The number of rotatable bonds is 4. The van der Waals surface area contributed by atoms with Gasteiger partial charge in [0.15, 0.2) is 0 Å². The van der Waals surface area contributed by atoms with Crippen LogP contribution in [0.4, 0.5) is 0 Å². The van der Waals surface area contributed by atoms with E-state index in [2.05, 4.69) is 0 Å². The molecule has 1 aromatic carbocycles. The monoisotopic (exact) mass is 262 g/mol. The summed E-state index contributed by atoms with van der Waals surface area (Å²) < 4.78 is 10.1. The van der Waals surface area contributed by atoms with Crippen LogP contribution in [0.25, 0.3) is 0 Å². The van der Waals surface area contributed by atoms with E-state index >= 15 is 0 Å². The summed E-state index contributed by atoms with van der Waals surface area (Å²) in [7, 11) is 2.93. The molecule has 1 heterocycles. The first-order chi connectivity index (χ1) is 8.76. The maximum atomic E-state index is 11.8. The fourth-order valence-corrected chi connectivity index (χ4v) is 2.56. The van der Waals surface area contributed by atoms with Gasteiger partial charge < -0.3 is 9.47 Å². The molecule has 94 valence electrons. The van der Waals surface area contributed by atoms with Gasteiger partial charge in [-0.05, 0) is 23.1 Å². The maximum Gasteiger partial charge on any atom is 0.341 e. The first-order valence-electron chi connectivity index (χ1n) is 5.53. The summed E-state index contributed by atoms with van der Waals surface area (Å²) >= 11 is 1.67. The number of thiophene rings is 1. The molecule has 0 bridgehead atoms. The quantitative estimate of drug-likeness (QED) is 0.794. The Labute approximate surface area is 110 Å². The number of methoxy groups -OCH3 is 2. The molecule has 2 aromatic rings. The van der Waals surface area contributed by atoms with Crippen molar-refractivity contribution < 1.29 is 14.3 Å². The number of esters is 1. The second-order valence-corrected chi connectivity index (χ2v) is 4.77. The molecule has 0 saturated heterocycles. The highest BCUT2D eigenvalue weighted by Crippen LogP contribution is 2.26. The van der Waals surface area contributed by atoms with Gasteiger partial charge in [-0.3, -0.25) is 0 Å². The lowest BCUT2D eigenvalue weighted by molar-refractivity contribution is 0.0596. The largest absolute Gasteiger partial charge is 0.496 e. The van der Waals surface area contributed by atoms with Crippen LogP contribution in [0.5, 0.6) is 5.75 Å². The third-order valence-electron chi connectivity index (χ3n) is 2.67. The van der Waals surface area contributed by atoms with Crippen LogP contribution in [0.3, 0.4) is 0 Å². The van der Waals surface area contributed by atoms with Crippen molar-refractivity contribution in [2.75, 3.05) is 14.2 Å². The van der Waals surface area contributed by atoms with Crippen LogP contribution in [0.2, 0.25) is 0 Å². The Morgan fingerprint density at radius 1 is 1.22 bits per heavy atom. The summed E-state index contributed by atoms with van der Waals surface area (Å²) in [6.45, 7) is 0. The van der Waals surface area contributed by atoms with Gasteiger partial charge in [0.05, 0.1) is 14.2 Å². The Kier molecular flexibility index (Phi) is 3.99. The van der Waals surface area contributed by atoms with E-state index in [-0.39, 0.29) is 5.97 Å². The van der Waals surface area contributed by atoms with Gasteiger partial charge in [-0.1, -0.05) is 18.2 Å². The molecule has 0 unspecified atom stereocenters. The summed E-state index contributed by atoms with van der Waals surface area (Å²) in [4.78, 5) is 13.0. The number of hydrogen-bond donors (Lipinski definition) is 0. The predicted molar refractivity (Wildman–Crippen MR) is 71.5 cm³/mol. The lowest BCUT2D eigenvalue weighted by Crippen LogP contribution is -2.08. The summed E-state index contributed by atoms with van der Waals surface area (Å²) in [5, 5.41) is 2.02. The van der Waals surface area contributed by atoms with Gasteiger partial charge in [0.2, 0.25) is 0 Å². The predicted octanol–water partition coefficient (Wildman–Crippen LogP) is 3.13. The summed E-state index contributed by atoms with van der Waals surface area (Å²) in [6, 6.07) is 9.62. The fourth-order valence-electron chi connectivity index (χ4n) is 1.83. The van der Waals surface area contributed by atoms with Crippen LogP contribution < -0.4 is 4.74 Å². The number of benzene rings is 1. The molecule has 0 fully saturated rings. The van der Waals surface area contributed by atoms with Crippen molar-refractivity contribution in [1.82, 2.24) is 0 Å². The van der Waals surface area contributed by atoms with Crippen molar-refractivity contribution in [3.63, 3.8) is 0 Å². The van der Waals surface area contributed by atoms with Crippen LogP contribution >= 0.6 is 11.3 Å². The normalized spacial score (nSPS) is 10.1. The molecule has 0 atom stereocenters. The highest BCUT2D eigenvalue weighted by atomic mass is 32.1. The highest BCUT2D eigenvalue weighted by molar-refractivity contribution is 7.09. The molecular formula is C14H14O3S. The lowest BCUT2D eigenvalue weighted by atomic mass is 10.0. The van der Waals surface area contributed by atoms with Crippen LogP contribution in [0.15, 0.2) is 35.7 Å². The zero-order valence-corrected chi connectivity index (χ0v) is 11.1. The zero-order chi connectivity index (χ0) is 13.0. The minimum Gasteiger partial charge on any atom is -0.496 e. The molecule has 4 heteroatoms. The Bertz CT molecular complexity index is 532. The second kappa shape index (κ2) is 5.69. The number of carbonyl (C=O) groups excluding carboxylic acids is 1. The van der Waals surface area contributed by atoms with Crippen LogP contribution in [0.1, 0.15) is 20.8 Å². The first-order valence-corrected chi connectivity index (χ1v) is 6.40. The fraction of sp³-hybridized carbons (Fsp3) is 0.214. The molecule has 3 nitrogen and oxygen atoms in total. The Hall–Kier alpha value is -1.81. The Morgan fingerprint density at radius 3 is 2.67 bits per heavy atom. The molecule has 0 amide bonds. The SMILES string of the molecule is COC(=O)c1c(Cc2cccs2)cccc1OC. The molecule has 0 aliphatic rings. The van der Waals surface area contributed by atoms with Gasteiger partial charge in [-0.15, -0.1) is 11.3 Å². The van der Waals surface area contributed by atoms with Crippen molar-refractivity contribution in [2.45, 2.75) is 6.42 Å². The van der Waals surface area contributed by atoms with E-state index in [0.29, 0.717) is 17.7 Å². The van der Waals surface area contributed by atoms with Crippen molar-refractivity contribution in [2.24, 2.45) is 0 Å². The second-order valence-electron chi connectivity index (χ2n) is 3.74. The van der Waals surface area contributed by atoms with Crippen LogP contribution in [0, 0.1) is 0 Å². The Morgan fingerprint density at radius 2 is 2.06 bits per heavy atom. The van der Waals surface area contributed by atoms with E-state index in [1.165, 1.54) is 12.0 Å². The third kappa shape index (κ3) is 2.54. The van der Waals surface area contributed by atoms with Crippen molar-refractivity contribution in [1.29, 1.82) is 0 Å². The van der Waals surface area contributed by atoms with Gasteiger partial charge in [0, 0.05) is 11.3 Å². The van der Waals surface area contributed by atoms with E-state index in [0.717, 1.165) is 5.56 Å². The number of carbonyl (C=O) groups is 1. The minimum atomic E-state index is -0.362. The third-order valence-corrected chi connectivity index (χ3v) is 3.54. The van der Waals surface area contributed by atoms with Crippen molar-refractivity contribution in [3.8, 4) is 5.75 Å². The van der Waals surface area contributed by atoms with E-state index in [9.17, 15) is 4.79 Å². The van der Waals surface area contributed by atoms with Crippen LogP contribution in [-0.4, -0.2) is 20.2 Å². The number of hydrogen-bond acceptors (Lipinski definition) is 4. The standard InChI is InChI=1S/C14H14O3S/c1-16-12-7-3-5-10(13(12)14(15)17-2)9-11-6-4-8-18-11/h3-8H,9H2,1-2H3. The van der Waals surface area contributed by atoms with E-state index in [1.54, 1.807) is 24.5 Å². The maximum absolute atomic E-state index is 11.8. The average molecular weight is 262 g/mol. The molecule has 1 aromatic heterocycles. The van der Waals surface area contributed by atoms with E-state index in [4.69, 9.17) is 9.47 Å². The molecule has 0 aliphatic carbocycles. The highest BCUT2D eigenvalue weighted by Gasteiger charge is 2.17. The molecule has 2 rings (SSSR count). The molecule has 0 saturated carbocycles. The van der Waals surface area contributed by atoms with Crippen LogP contribution in [-0.2, 0) is 11.2 Å². The minimum absolute atomic E-state index is 0.362. The van der Waals surface area contributed by atoms with Gasteiger partial charge in [-0.2, -0.15) is 0 Å². The molecule has 18 heavy (non-hydrogen) atoms. The molecule has 0 spiro atoms. The smallest absolute Gasteiger partial charge is 0.341 e.